The van der Waals surface area contributed by atoms with E-state index in [1.54, 1.807) is 0 Å². The molecule has 0 aromatic rings. The van der Waals surface area contributed by atoms with Crippen LogP contribution < -0.4 is 11.1 Å². The van der Waals surface area contributed by atoms with E-state index in [0.29, 0.717) is 25.7 Å². The maximum absolute atomic E-state index is 12.3. The standard InChI is InChI=1S/C14H25N3O3/c1-10(14(19)16-11-5-3-2-4-6-11)17-7-8-20-12(9-17)13(15)18/h10-12H,2-9H2,1H3,(H2,15,18)(H,16,19). The van der Waals surface area contributed by atoms with Crippen molar-refractivity contribution in [3.05, 3.63) is 0 Å². The maximum Gasteiger partial charge on any atom is 0.247 e. The number of ether oxygens (including phenoxy) is 1. The zero-order valence-corrected chi connectivity index (χ0v) is 12.1. The summed E-state index contributed by atoms with van der Waals surface area (Å²) in [5, 5.41) is 3.12. The topological polar surface area (TPSA) is 84.7 Å². The first-order valence-electron chi connectivity index (χ1n) is 7.53. The Balaban J connectivity index is 1.84. The third kappa shape index (κ3) is 3.93. The number of rotatable bonds is 4. The second kappa shape index (κ2) is 7.04. The average molecular weight is 283 g/mol. The van der Waals surface area contributed by atoms with Crippen molar-refractivity contribution in [1.82, 2.24) is 10.2 Å². The minimum atomic E-state index is -0.603. The summed E-state index contributed by atoms with van der Waals surface area (Å²) in [6.07, 6.45) is 5.21. The molecule has 2 amide bonds. The van der Waals surface area contributed by atoms with Crippen LogP contribution in [0.15, 0.2) is 0 Å². The highest BCUT2D eigenvalue weighted by molar-refractivity contribution is 5.82. The third-order valence-electron chi connectivity index (χ3n) is 4.29. The lowest BCUT2D eigenvalue weighted by molar-refractivity contribution is -0.140. The predicted octanol–water partition coefficient (Wildman–Crippen LogP) is 0.00990. The van der Waals surface area contributed by atoms with Crippen LogP contribution in [0.5, 0.6) is 0 Å². The molecule has 0 spiro atoms. The van der Waals surface area contributed by atoms with E-state index in [0.717, 1.165) is 12.8 Å². The Morgan fingerprint density at radius 1 is 1.30 bits per heavy atom. The van der Waals surface area contributed by atoms with E-state index in [1.807, 2.05) is 11.8 Å². The molecule has 114 valence electrons. The number of primary amides is 1. The molecule has 1 heterocycles. The average Bonchev–Trinajstić information content (AvgIpc) is 2.47. The van der Waals surface area contributed by atoms with Crippen LogP contribution in [0.1, 0.15) is 39.0 Å². The smallest absolute Gasteiger partial charge is 0.247 e. The van der Waals surface area contributed by atoms with E-state index in [2.05, 4.69) is 5.32 Å². The Labute approximate surface area is 120 Å². The highest BCUT2D eigenvalue weighted by Crippen LogP contribution is 2.18. The molecule has 6 heteroatoms. The molecule has 0 bridgehead atoms. The Kier molecular flexibility index (Phi) is 5.37. The van der Waals surface area contributed by atoms with Gasteiger partial charge in [-0.15, -0.1) is 0 Å². The van der Waals surface area contributed by atoms with Gasteiger partial charge in [0.2, 0.25) is 11.8 Å². The van der Waals surface area contributed by atoms with Gasteiger partial charge in [0.1, 0.15) is 6.10 Å². The Morgan fingerprint density at radius 3 is 2.65 bits per heavy atom. The SMILES string of the molecule is CC(C(=O)NC1CCCCC1)N1CCOC(C(N)=O)C1. The summed E-state index contributed by atoms with van der Waals surface area (Å²) in [7, 11) is 0. The molecule has 1 aliphatic carbocycles. The molecule has 20 heavy (non-hydrogen) atoms. The van der Waals surface area contributed by atoms with Crippen LogP contribution in [0.3, 0.4) is 0 Å². The molecule has 0 aromatic heterocycles. The Bertz CT molecular complexity index is 356. The van der Waals surface area contributed by atoms with Crippen LogP contribution in [-0.2, 0) is 14.3 Å². The number of nitrogens with zero attached hydrogens (tertiary/aromatic N) is 1. The molecule has 3 N–H and O–H groups in total. The zero-order valence-electron chi connectivity index (χ0n) is 12.1. The third-order valence-corrected chi connectivity index (χ3v) is 4.29. The molecule has 2 unspecified atom stereocenters. The van der Waals surface area contributed by atoms with Crippen LogP contribution >= 0.6 is 0 Å². The number of carbonyl (C=O) groups is 2. The number of nitrogens with one attached hydrogen (secondary N) is 1. The van der Waals surface area contributed by atoms with Gasteiger partial charge in [0.15, 0.2) is 0 Å². The second-order valence-corrected chi connectivity index (χ2v) is 5.78. The number of carbonyl (C=O) groups excluding carboxylic acids is 2. The van der Waals surface area contributed by atoms with Crippen molar-refractivity contribution in [3.63, 3.8) is 0 Å². The van der Waals surface area contributed by atoms with Gasteiger partial charge in [-0.25, -0.2) is 0 Å². The zero-order chi connectivity index (χ0) is 14.5. The molecule has 2 aliphatic rings. The molecule has 0 aromatic carbocycles. The van der Waals surface area contributed by atoms with Gasteiger partial charge < -0.3 is 15.8 Å². The fourth-order valence-corrected chi connectivity index (χ4v) is 2.93. The fourth-order valence-electron chi connectivity index (χ4n) is 2.93. The van der Waals surface area contributed by atoms with E-state index < -0.39 is 12.0 Å². The summed E-state index contributed by atoms with van der Waals surface area (Å²) >= 11 is 0. The van der Waals surface area contributed by atoms with Crippen LogP contribution in [0, 0.1) is 0 Å². The molecule has 2 atom stereocenters. The van der Waals surface area contributed by atoms with Gasteiger partial charge in [-0.05, 0) is 19.8 Å². The van der Waals surface area contributed by atoms with E-state index in [-0.39, 0.29) is 11.9 Å². The van der Waals surface area contributed by atoms with Crippen LogP contribution in [-0.4, -0.2) is 54.6 Å². The van der Waals surface area contributed by atoms with Crippen molar-refractivity contribution in [2.24, 2.45) is 5.73 Å². The van der Waals surface area contributed by atoms with Crippen molar-refractivity contribution < 1.29 is 14.3 Å². The molecule has 1 saturated heterocycles. The summed E-state index contributed by atoms with van der Waals surface area (Å²) < 4.78 is 5.30. The lowest BCUT2D eigenvalue weighted by Crippen LogP contribution is -2.56. The van der Waals surface area contributed by atoms with E-state index in [4.69, 9.17) is 10.5 Å². The first-order valence-corrected chi connectivity index (χ1v) is 7.53. The number of hydrogen-bond donors (Lipinski definition) is 2. The first kappa shape index (κ1) is 15.3. The summed E-state index contributed by atoms with van der Waals surface area (Å²) in [5.74, 6) is -0.420. The van der Waals surface area contributed by atoms with Crippen LogP contribution in [0.4, 0.5) is 0 Å². The highest BCUT2D eigenvalue weighted by atomic mass is 16.5. The molecule has 2 rings (SSSR count). The summed E-state index contributed by atoms with van der Waals surface area (Å²) in [6, 6.07) is 0.0642. The van der Waals surface area contributed by atoms with Gasteiger partial charge in [-0.1, -0.05) is 19.3 Å². The molecule has 6 nitrogen and oxygen atoms in total. The molecule has 2 fully saturated rings. The summed E-state index contributed by atoms with van der Waals surface area (Å²) in [5.41, 5.74) is 5.26. The number of nitrogens with two attached hydrogens (primary N) is 1. The van der Waals surface area contributed by atoms with E-state index >= 15 is 0 Å². The Morgan fingerprint density at radius 2 is 2.00 bits per heavy atom. The Hall–Kier alpha value is -1.14. The van der Waals surface area contributed by atoms with E-state index in [9.17, 15) is 9.59 Å². The molecular weight excluding hydrogens is 258 g/mol. The molecular formula is C14H25N3O3. The fraction of sp³-hybridized carbons (Fsp3) is 0.857. The van der Waals surface area contributed by atoms with Crippen molar-refractivity contribution in [1.29, 1.82) is 0 Å². The molecule has 0 radical (unpaired) electrons. The minimum absolute atomic E-state index is 0.0435. The number of hydrogen-bond acceptors (Lipinski definition) is 4. The maximum atomic E-state index is 12.3. The minimum Gasteiger partial charge on any atom is -0.367 e. The highest BCUT2D eigenvalue weighted by Gasteiger charge is 2.31. The largest absolute Gasteiger partial charge is 0.367 e. The summed E-state index contributed by atoms with van der Waals surface area (Å²) in [4.78, 5) is 25.4. The summed E-state index contributed by atoms with van der Waals surface area (Å²) in [6.45, 7) is 3.37. The van der Waals surface area contributed by atoms with Crippen molar-refractivity contribution >= 4 is 11.8 Å². The van der Waals surface area contributed by atoms with Gasteiger partial charge in [0.25, 0.3) is 0 Å². The van der Waals surface area contributed by atoms with Crippen LogP contribution in [0.25, 0.3) is 0 Å². The van der Waals surface area contributed by atoms with Gasteiger partial charge >= 0.3 is 0 Å². The number of amides is 2. The first-order chi connectivity index (χ1) is 9.58. The van der Waals surface area contributed by atoms with Crippen molar-refractivity contribution in [2.75, 3.05) is 19.7 Å². The predicted molar refractivity (Wildman–Crippen MR) is 75.0 cm³/mol. The molecule has 1 aliphatic heterocycles. The van der Waals surface area contributed by atoms with Gasteiger partial charge in [0.05, 0.1) is 12.6 Å². The van der Waals surface area contributed by atoms with Gasteiger partial charge in [0, 0.05) is 19.1 Å². The number of morpholine rings is 1. The van der Waals surface area contributed by atoms with Crippen molar-refractivity contribution in [3.8, 4) is 0 Å². The van der Waals surface area contributed by atoms with Gasteiger partial charge in [-0.3, -0.25) is 14.5 Å². The molecule has 1 saturated carbocycles. The lowest BCUT2D eigenvalue weighted by atomic mass is 9.95. The van der Waals surface area contributed by atoms with Crippen molar-refractivity contribution in [2.45, 2.75) is 57.2 Å². The van der Waals surface area contributed by atoms with Crippen LogP contribution in [0.2, 0.25) is 0 Å². The normalized spacial score (nSPS) is 26.9. The monoisotopic (exact) mass is 283 g/mol. The van der Waals surface area contributed by atoms with Gasteiger partial charge in [-0.2, -0.15) is 0 Å². The quantitative estimate of drug-likeness (QED) is 0.761. The lowest BCUT2D eigenvalue weighted by Gasteiger charge is -2.35. The van der Waals surface area contributed by atoms with E-state index in [1.165, 1.54) is 19.3 Å². The second-order valence-electron chi connectivity index (χ2n) is 5.78.